The van der Waals surface area contributed by atoms with Crippen LogP contribution in [0.4, 0.5) is 0 Å². The van der Waals surface area contributed by atoms with E-state index < -0.39 is 11.9 Å². The number of carbonyl (C=O) groups excluding carboxylic acids is 3. The average molecular weight is 493 g/mol. The molecule has 3 rings (SSSR count). The summed E-state index contributed by atoms with van der Waals surface area (Å²) in [6.45, 7) is 6.15. The van der Waals surface area contributed by atoms with Gasteiger partial charge in [-0.25, -0.2) is 9.59 Å². The van der Waals surface area contributed by atoms with E-state index in [9.17, 15) is 14.4 Å². The minimum absolute atomic E-state index is 0.175. The average Bonchev–Trinajstić information content (AvgIpc) is 2.94. The van der Waals surface area contributed by atoms with Crippen molar-refractivity contribution in [2.24, 2.45) is 0 Å². The molecule has 0 radical (unpaired) electrons. The molecule has 0 saturated carbocycles. The van der Waals surface area contributed by atoms with Crippen molar-refractivity contribution in [1.82, 2.24) is 0 Å². The van der Waals surface area contributed by atoms with E-state index in [1.54, 1.807) is 18.2 Å². The van der Waals surface area contributed by atoms with Crippen molar-refractivity contribution in [3.8, 4) is 28.7 Å². The molecule has 0 spiro atoms. The summed E-state index contributed by atoms with van der Waals surface area (Å²) in [6, 6.07) is 22.7. The Morgan fingerprint density at radius 1 is 0.703 bits per heavy atom. The van der Waals surface area contributed by atoms with Crippen LogP contribution in [0.5, 0.6) is 5.75 Å². The summed E-state index contributed by atoms with van der Waals surface area (Å²) >= 11 is 0. The first kappa shape index (κ1) is 26.5. The van der Waals surface area contributed by atoms with Crippen molar-refractivity contribution in [2.45, 2.75) is 0 Å². The number of carbonyl (C=O) groups is 3. The molecule has 0 aliphatic rings. The Hall–Kier alpha value is -5.15. The van der Waals surface area contributed by atoms with Crippen LogP contribution >= 0.6 is 0 Å². The fourth-order valence-electron chi connectivity index (χ4n) is 2.94. The number of hydrogen-bond donors (Lipinski definition) is 0. The molecule has 0 saturated heterocycles. The van der Waals surface area contributed by atoms with Gasteiger partial charge in [-0.1, -0.05) is 61.4 Å². The van der Waals surface area contributed by atoms with Crippen LogP contribution in [-0.4, -0.2) is 31.1 Å². The molecule has 0 heterocycles. The van der Waals surface area contributed by atoms with E-state index in [0.29, 0.717) is 5.75 Å². The zero-order valence-electron chi connectivity index (χ0n) is 20.0. The third-order valence-electron chi connectivity index (χ3n) is 4.92. The molecule has 0 aliphatic heterocycles. The SMILES string of the molecule is C=CC(=O)COC(=O)/C=C/c1ccc(C#Cc2ccc(-c3ccc(OCOC(=O)C=C)cc3)cc2)cc1. The van der Waals surface area contributed by atoms with Gasteiger partial charge in [0.05, 0.1) is 0 Å². The second-order valence-corrected chi connectivity index (χ2v) is 7.51. The summed E-state index contributed by atoms with van der Waals surface area (Å²) in [5, 5.41) is 0. The summed E-state index contributed by atoms with van der Waals surface area (Å²) < 4.78 is 15.0. The summed E-state index contributed by atoms with van der Waals surface area (Å²) in [5.74, 6) is 5.35. The molecule has 6 heteroatoms. The zero-order chi connectivity index (χ0) is 26.5. The Labute approximate surface area is 215 Å². The first-order valence-corrected chi connectivity index (χ1v) is 11.2. The standard InChI is InChI=1S/C31H24O6/c1-3-28(32)21-35-31(34)20-13-24-8-5-23(6-9-24)7-10-25-11-14-26(15-12-25)27-16-18-29(19-17-27)36-22-37-30(33)4-2/h3-6,8-9,11-20H,1-2,21-22H2/b20-13+. The predicted octanol–water partition coefficient (Wildman–Crippen LogP) is 5.13. The lowest BCUT2D eigenvalue weighted by molar-refractivity contribution is -0.144. The van der Waals surface area contributed by atoms with Gasteiger partial charge in [-0.2, -0.15) is 0 Å². The largest absolute Gasteiger partial charge is 0.457 e. The van der Waals surface area contributed by atoms with Gasteiger partial charge in [-0.15, -0.1) is 0 Å². The van der Waals surface area contributed by atoms with Crippen LogP contribution in [-0.2, 0) is 23.9 Å². The molecule has 0 aliphatic carbocycles. The van der Waals surface area contributed by atoms with Gasteiger partial charge in [-0.3, -0.25) is 4.79 Å². The lowest BCUT2D eigenvalue weighted by atomic mass is 10.0. The topological polar surface area (TPSA) is 78.9 Å². The zero-order valence-corrected chi connectivity index (χ0v) is 20.0. The molecule has 0 atom stereocenters. The van der Waals surface area contributed by atoms with E-state index in [4.69, 9.17) is 14.2 Å². The number of esters is 2. The van der Waals surface area contributed by atoms with Gasteiger partial charge in [0.2, 0.25) is 6.79 Å². The quantitative estimate of drug-likeness (QED) is 0.169. The second kappa shape index (κ2) is 13.7. The molecular formula is C31H24O6. The van der Waals surface area contributed by atoms with Gasteiger partial charge in [0.15, 0.2) is 12.4 Å². The van der Waals surface area contributed by atoms with Crippen LogP contribution < -0.4 is 4.74 Å². The van der Waals surface area contributed by atoms with Crippen LogP contribution in [0.1, 0.15) is 16.7 Å². The van der Waals surface area contributed by atoms with Gasteiger partial charge in [0, 0.05) is 23.3 Å². The number of hydrogen-bond acceptors (Lipinski definition) is 6. The van der Waals surface area contributed by atoms with Crippen molar-refractivity contribution in [1.29, 1.82) is 0 Å². The maximum Gasteiger partial charge on any atom is 0.333 e. The molecule has 184 valence electrons. The summed E-state index contributed by atoms with van der Waals surface area (Å²) in [5.41, 5.74) is 4.54. The first-order valence-electron chi connectivity index (χ1n) is 11.2. The van der Waals surface area contributed by atoms with Crippen molar-refractivity contribution >= 4 is 23.8 Å². The molecule has 3 aromatic carbocycles. The second-order valence-electron chi connectivity index (χ2n) is 7.51. The highest BCUT2D eigenvalue weighted by Crippen LogP contribution is 2.23. The Morgan fingerprint density at radius 2 is 1.27 bits per heavy atom. The predicted molar refractivity (Wildman–Crippen MR) is 141 cm³/mol. The van der Waals surface area contributed by atoms with Crippen LogP contribution in [0, 0.1) is 11.8 Å². The fourth-order valence-corrected chi connectivity index (χ4v) is 2.94. The highest BCUT2D eigenvalue weighted by molar-refractivity contribution is 5.93. The van der Waals surface area contributed by atoms with Crippen molar-refractivity contribution in [3.05, 3.63) is 121 Å². The molecular weight excluding hydrogens is 468 g/mol. The van der Waals surface area contributed by atoms with Crippen molar-refractivity contribution in [2.75, 3.05) is 13.4 Å². The van der Waals surface area contributed by atoms with E-state index in [2.05, 4.69) is 25.0 Å². The lowest BCUT2D eigenvalue weighted by Gasteiger charge is -2.07. The Balaban J connectivity index is 1.54. The normalized spacial score (nSPS) is 10.1. The molecule has 0 bridgehead atoms. The summed E-state index contributed by atoms with van der Waals surface area (Å²) in [4.78, 5) is 33.7. The monoisotopic (exact) mass is 492 g/mol. The lowest BCUT2D eigenvalue weighted by Crippen LogP contribution is -2.09. The molecule has 0 unspecified atom stereocenters. The van der Waals surface area contributed by atoms with Gasteiger partial charge < -0.3 is 14.2 Å². The van der Waals surface area contributed by atoms with E-state index in [-0.39, 0.29) is 19.2 Å². The Kier molecular flexibility index (Phi) is 9.77. The number of benzene rings is 3. The number of ketones is 1. The highest BCUT2D eigenvalue weighted by Gasteiger charge is 2.02. The Bertz CT molecular complexity index is 1350. The van der Waals surface area contributed by atoms with Crippen LogP contribution in [0.2, 0.25) is 0 Å². The maximum absolute atomic E-state index is 11.6. The molecule has 6 nitrogen and oxygen atoms in total. The minimum atomic E-state index is -0.599. The smallest absolute Gasteiger partial charge is 0.333 e. The van der Waals surface area contributed by atoms with Crippen LogP contribution in [0.15, 0.2) is 104 Å². The number of ether oxygens (including phenoxy) is 3. The Morgan fingerprint density at radius 3 is 1.84 bits per heavy atom. The molecule has 3 aromatic rings. The molecule has 0 N–H and O–H groups in total. The molecule has 0 aromatic heterocycles. The van der Waals surface area contributed by atoms with Gasteiger partial charge in [-0.05, 0) is 65.2 Å². The summed E-state index contributed by atoms with van der Waals surface area (Å²) in [6.07, 6.45) is 5.05. The minimum Gasteiger partial charge on any atom is -0.457 e. The first-order chi connectivity index (χ1) is 18.0. The van der Waals surface area contributed by atoms with Crippen LogP contribution in [0.25, 0.3) is 17.2 Å². The van der Waals surface area contributed by atoms with E-state index in [1.807, 2.05) is 60.7 Å². The van der Waals surface area contributed by atoms with E-state index in [0.717, 1.165) is 40.0 Å². The molecule has 0 fully saturated rings. The van der Waals surface area contributed by atoms with Crippen molar-refractivity contribution < 1.29 is 28.6 Å². The van der Waals surface area contributed by atoms with Gasteiger partial charge in [0.25, 0.3) is 0 Å². The molecule has 37 heavy (non-hydrogen) atoms. The maximum atomic E-state index is 11.6. The molecule has 0 amide bonds. The van der Waals surface area contributed by atoms with E-state index >= 15 is 0 Å². The number of rotatable bonds is 10. The highest BCUT2D eigenvalue weighted by atomic mass is 16.7. The third kappa shape index (κ3) is 8.85. The summed E-state index contributed by atoms with van der Waals surface area (Å²) in [7, 11) is 0. The third-order valence-corrected chi connectivity index (χ3v) is 4.92. The van der Waals surface area contributed by atoms with E-state index in [1.165, 1.54) is 6.08 Å². The van der Waals surface area contributed by atoms with Crippen molar-refractivity contribution in [3.63, 3.8) is 0 Å². The van der Waals surface area contributed by atoms with Crippen LogP contribution in [0.3, 0.4) is 0 Å². The fraction of sp³-hybridized carbons (Fsp3) is 0.0645. The van der Waals surface area contributed by atoms with Gasteiger partial charge >= 0.3 is 11.9 Å². The van der Waals surface area contributed by atoms with Gasteiger partial charge in [0.1, 0.15) is 5.75 Å².